The number of amides is 1. The Morgan fingerprint density at radius 1 is 1.26 bits per heavy atom. The van der Waals surface area contributed by atoms with E-state index in [0.717, 1.165) is 61.7 Å². The number of morpholine rings is 1. The minimum Gasteiger partial charge on any atom is -0.486 e. The number of thiazole rings is 1. The van der Waals surface area contributed by atoms with Crippen LogP contribution < -0.4 is 4.74 Å². The average molecular weight is 444 g/mol. The number of benzene rings is 1. The number of hydrogen-bond donors (Lipinski definition) is 0. The molecule has 31 heavy (non-hydrogen) atoms. The molecule has 0 N–H and O–H groups in total. The van der Waals surface area contributed by atoms with Gasteiger partial charge in [-0.3, -0.25) is 9.69 Å². The van der Waals surface area contributed by atoms with Gasteiger partial charge in [0.2, 0.25) is 0 Å². The largest absolute Gasteiger partial charge is 0.486 e. The standard InChI is InChI=1S/C22H25N3O5S/c26-8-2-3-17(13-27)25-12-19-18(22(25)28)4-1-5-20(19)30-14-21-23-16(15-31-21)11-24-6-9-29-10-7-24/h1,4-5,8,13,15,17H,2-3,6-7,9-12,14H2. The molecule has 0 saturated carbocycles. The Morgan fingerprint density at radius 3 is 2.87 bits per heavy atom. The summed E-state index contributed by atoms with van der Waals surface area (Å²) in [5, 5.41) is 2.93. The molecule has 0 spiro atoms. The molecule has 0 bridgehead atoms. The fourth-order valence-corrected chi connectivity index (χ4v) is 4.58. The molecule has 2 aliphatic rings. The molecular formula is C22H25N3O5S. The molecule has 2 aromatic rings. The van der Waals surface area contributed by atoms with Gasteiger partial charge in [0.1, 0.15) is 29.9 Å². The van der Waals surface area contributed by atoms with E-state index in [2.05, 4.69) is 15.3 Å². The number of fused-ring (bicyclic) bond motifs is 1. The van der Waals surface area contributed by atoms with Gasteiger partial charge >= 0.3 is 0 Å². The Kier molecular flexibility index (Phi) is 7.06. The molecule has 2 aliphatic heterocycles. The van der Waals surface area contributed by atoms with Crippen LogP contribution in [0.3, 0.4) is 0 Å². The SMILES string of the molecule is O=CCCC(C=O)N1Cc2c(OCc3nc(CN4CCOCC4)cs3)cccc2C1=O. The van der Waals surface area contributed by atoms with E-state index in [1.54, 1.807) is 23.5 Å². The second-order valence-electron chi connectivity index (χ2n) is 7.57. The molecule has 1 aromatic carbocycles. The lowest BCUT2D eigenvalue weighted by Crippen LogP contribution is -2.36. The second-order valence-corrected chi connectivity index (χ2v) is 8.52. The third-order valence-electron chi connectivity index (χ3n) is 5.53. The first-order valence-electron chi connectivity index (χ1n) is 10.4. The number of nitrogens with zero attached hydrogens (tertiary/aromatic N) is 3. The molecule has 3 heterocycles. The number of carbonyl (C=O) groups is 3. The monoisotopic (exact) mass is 443 g/mol. The van der Waals surface area contributed by atoms with Gasteiger partial charge in [0.05, 0.1) is 31.5 Å². The van der Waals surface area contributed by atoms with Gasteiger partial charge in [0.15, 0.2) is 0 Å². The summed E-state index contributed by atoms with van der Waals surface area (Å²) in [5.74, 6) is 0.420. The van der Waals surface area contributed by atoms with Crippen LogP contribution in [0.15, 0.2) is 23.6 Å². The smallest absolute Gasteiger partial charge is 0.255 e. The fraction of sp³-hybridized carbons (Fsp3) is 0.455. The Morgan fingerprint density at radius 2 is 2.10 bits per heavy atom. The van der Waals surface area contributed by atoms with Crippen molar-refractivity contribution in [3.63, 3.8) is 0 Å². The summed E-state index contributed by atoms with van der Waals surface area (Å²) in [6.07, 6.45) is 2.07. The predicted octanol–water partition coefficient (Wildman–Crippen LogP) is 2.06. The number of hydrogen-bond acceptors (Lipinski definition) is 8. The quantitative estimate of drug-likeness (QED) is 0.519. The number of ether oxygens (including phenoxy) is 2. The first kappa shape index (κ1) is 21.6. The maximum Gasteiger partial charge on any atom is 0.255 e. The highest BCUT2D eigenvalue weighted by Crippen LogP contribution is 2.33. The normalized spacial score (nSPS) is 17.4. The van der Waals surface area contributed by atoms with Gasteiger partial charge in [-0.05, 0) is 18.6 Å². The molecule has 1 aromatic heterocycles. The molecular weight excluding hydrogens is 418 g/mol. The van der Waals surface area contributed by atoms with Gasteiger partial charge < -0.3 is 24.0 Å². The molecule has 1 unspecified atom stereocenters. The third-order valence-corrected chi connectivity index (χ3v) is 6.40. The summed E-state index contributed by atoms with van der Waals surface area (Å²) < 4.78 is 11.4. The lowest BCUT2D eigenvalue weighted by Gasteiger charge is -2.25. The van der Waals surface area contributed by atoms with E-state index in [0.29, 0.717) is 30.9 Å². The zero-order valence-corrected chi connectivity index (χ0v) is 18.0. The van der Waals surface area contributed by atoms with Crippen molar-refractivity contribution in [3.05, 3.63) is 45.4 Å². The first-order valence-corrected chi connectivity index (χ1v) is 11.3. The third kappa shape index (κ3) is 5.00. The van der Waals surface area contributed by atoms with E-state index >= 15 is 0 Å². The first-order chi connectivity index (χ1) is 15.2. The molecule has 0 radical (unpaired) electrons. The number of carbonyl (C=O) groups excluding carboxylic acids is 3. The number of aldehydes is 2. The maximum absolute atomic E-state index is 12.8. The molecule has 1 atom stereocenters. The summed E-state index contributed by atoms with van der Waals surface area (Å²) in [4.78, 5) is 43.4. The van der Waals surface area contributed by atoms with Gasteiger partial charge in [-0.1, -0.05) is 6.07 Å². The Labute approximate surface area is 184 Å². The molecule has 164 valence electrons. The molecule has 1 saturated heterocycles. The van der Waals surface area contributed by atoms with Gasteiger partial charge in [-0.2, -0.15) is 0 Å². The van der Waals surface area contributed by atoms with Crippen molar-refractivity contribution in [1.82, 2.24) is 14.8 Å². The van der Waals surface area contributed by atoms with Crippen molar-refractivity contribution < 1.29 is 23.9 Å². The molecule has 9 heteroatoms. The van der Waals surface area contributed by atoms with Crippen molar-refractivity contribution in [1.29, 1.82) is 0 Å². The van der Waals surface area contributed by atoms with Crippen LogP contribution in [0.4, 0.5) is 0 Å². The lowest BCUT2D eigenvalue weighted by atomic mass is 10.1. The van der Waals surface area contributed by atoms with Crippen molar-refractivity contribution in [3.8, 4) is 5.75 Å². The topological polar surface area (TPSA) is 89.0 Å². The predicted molar refractivity (Wildman–Crippen MR) is 114 cm³/mol. The Balaban J connectivity index is 1.40. The van der Waals surface area contributed by atoms with Gasteiger partial charge in [-0.15, -0.1) is 11.3 Å². The van der Waals surface area contributed by atoms with Crippen LogP contribution >= 0.6 is 11.3 Å². The molecule has 8 nitrogen and oxygen atoms in total. The van der Waals surface area contributed by atoms with Crippen LogP contribution in [0.1, 0.15) is 39.5 Å². The van der Waals surface area contributed by atoms with Gasteiger partial charge in [-0.25, -0.2) is 4.98 Å². The zero-order valence-electron chi connectivity index (χ0n) is 17.2. The van der Waals surface area contributed by atoms with E-state index in [4.69, 9.17) is 9.47 Å². The lowest BCUT2D eigenvalue weighted by molar-refractivity contribution is -0.112. The molecule has 4 rings (SSSR count). The molecule has 0 aliphatic carbocycles. The van der Waals surface area contributed by atoms with Crippen molar-refractivity contribution >= 4 is 29.8 Å². The summed E-state index contributed by atoms with van der Waals surface area (Å²) in [7, 11) is 0. The van der Waals surface area contributed by atoms with Crippen LogP contribution in [-0.2, 0) is 34.0 Å². The van der Waals surface area contributed by atoms with E-state index in [-0.39, 0.29) is 12.3 Å². The van der Waals surface area contributed by atoms with Crippen molar-refractivity contribution in [2.45, 2.75) is 38.6 Å². The van der Waals surface area contributed by atoms with Gasteiger partial charge in [0.25, 0.3) is 5.91 Å². The number of rotatable bonds is 10. The van der Waals surface area contributed by atoms with Crippen LogP contribution in [0, 0.1) is 0 Å². The Bertz CT molecular complexity index is 941. The van der Waals surface area contributed by atoms with Crippen LogP contribution in [-0.4, -0.2) is 65.6 Å². The minimum absolute atomic E-state index is 0.203. The number of aromatic nitrogens is 1. The Hall–Kier alpha value is -2.62. The van der Waals surface area contributed by atoms with Crippen LogP contribution in [0.2, 0.25) is 0 Å². The highest BCUT2D eigenvalue weighted by molar-refractivity contribution is 7.09. The second kappa shape index (κ2) is 10.1. The van der Waals surface area contributed by atoms with E-state index in [1.165, 1.54) is 4.90 Å². The summed E-state index contributed by atoms with van der Waals surface area (Å²) >= 11 is 1.56. The van der Waals surface area contributed by atoms with E-state index in [1.807, 2.05) is 6.07 Å². The van der Waals surface area contributed by atoms with Crippen molar-refractivity contribution in [2.75, 3.05) is 26.3 Å². The van der Waals surface area contributed by atoms with Crippen LogP contribution in [0.5, 0.6) is 5.75 Å². The minimum atomic E-state index is -0.611. The summed E-state index contributed by atoms with van der Waals surface area (Å²) in [6, 6.07) is 4.75. The van der Waals surface area contributed by atoms with E-state index in [9.17, 15) is 14.4 Å². The van der Waals surface area contributed by atoms with Crippen LogP contribution in [0.25, 0.3) is 0 Å². The van der Waals surface area contributed by atoms with Crippen molar-refractivity contribution in [2.24, 2.45) is 0 Å². The average Bonchev–Trinajstić information content (AvgIpc) is 3.38. The van der Waals surface area contributed by atoms with E-state index < -0.39 is 6.04 Å². The summed E-state index contributed by atoms with van der Waals surface area (Å²) in [5.41, 5.74) is 2.34. The molecule has 1 fully saturated rings. The maximum atomic E-state index is 12.8. The fourth-order valence-electron chi connectivity index (χ4n) is 3.88. The highest BCUT2D eigenvalue weighted by atomic mass is 32.1. The summed E-state index contributed by atoms with van der Waals surface area (Å²) in [6.45, 7) is 4.77. The zero-order chi connectivity index (χ0) is 21.6. The highest BCUT2D eigenvalue weighted by Gasteiger charge is 2.34. The van der Waals surface area contributed by atoms with Gasteiger partial charge in [0, 0.05) is 42.6 Å². The molecule has 1 amide bonds.